The van der Waals surface area contributed by atoms with Gasteiger partial charge in [0.05, 0.1) is 25.2 Å². The lowest BCUT2D eigenvalue weighted by Gasteiger charge is -2.25. The van der Waals surface area contributed by atoms with Crippen LogP contribution in [-0.4, -0.2) is 63.5 Å². The average Bonchev–Trinajstić information content (AvgIpc) is 3.28. The lowest BCUT2D eigenvalue weighted by molar-refractivity contribution is -0.122. The molecule has 1 amide bonds. The van der Waals surface area contributed by atoms with E-state index in [1.165, 1.54) is 0 Å². The summed E-state index contributed by atoms with van der Waals surface area (Å²) in [5.74, 6) is 1.42. The summed E-state index contributed by atoms with van der Waals surface area (Å²) in [5, 5.41) is 3.04. The van der Waals surface area contributed by atoms with Crippen LogP contribution in [0.5, 0.6) is 5.75 Å². The Morgan fingerprint density at radius 1 is 1.30 bits per heavy atom. The van der Waals surface area contributed by atoms with Gasteiger partial charge in [0.15, 0.2) is 9.84 Å². The predicted octanol–water partition coefficient (Wildman–Crippen LogP) is 0.398. The van der Waals surface area contributed by atoms with Gasteiger partial charge in [-0.05, 0) is 18.1 Å². The fourth-order valence-corrected chi connectivity index (χ4v) is 4.31. The number of nitrogens with one attached hydrogen (secondary N) is 1. The zero-order valence-electron chi connectivity index (χ0n) is 13.2. The second kappa shape index (κ2) is 6.49. The summed E-state index contributed by atoms with van der Waals surface area (Å²) in [7, 11) is -1.25. The first-order valence-electron chi connectivity index (χ1n) is 7.83. The van der Waals surface area contributed by atoms with Crippen molar-refractivity contribution in [3.63, 3.8) is 0 Å². The van der Waals surface area contributed by atoms with Gasteiger partial charge in [-0.15, -0.1) is 0 Å². The van der Waals surface area contributed by atoms with Crippen LogP contribution in [0.25, 0.3) is 0 Å². The number of hydrogen-bond donors (Lipinski definition) is 1. The molecule has 2 aliphatic rings. The Morgan fingerprint density at radius 2 is 2.00 bits per heavy atom. The Hall–Kier alpha value is -1.60. The van der Waals surface area contributed by atoms with Gasteiger partial charge in [-0.1, -0.05) is 18.2 Å². The number of amides is 1. The summed E-state index contributed by atoms with van der Waals surface area (Å²) in [6.45, 7) is 1.15. The SMILES string of the molecule is COc1ccccc1C1CC1NC(=O)CN1CCS(=O)(=O)CC1. The molecule has 1 aromatic carbocycles. The van der Waals surface area contributed by atoms with Gasteiger partial charge in [0.1, 0.15) is 5.75 Å². The maximum Gasteiger partial charge on any atom is 0.234 e. The Labute approximate surface area is 136 Å². The molecule has 0 radical (unpaired) electrons. The highest BCUT2D eigenvalue weighted by Crippen LogP contribution is 2.44. The molecule has 1 aliphatic carbocycles. The summed E-state index contributed by atoms with van der Waals surface area (Å²) in [6.07, 6.45) is 0.917. The quantitative estimate of drug-likeness (QED) is 0.841. The number of methoxy groups -OCH3 is 1. The zero-order chi connectivity index (χ0) is 16.4. The summed E-state index contributed by atoms with van der Waals surface area (Å²) in [4.78, 5) is 14.0. The van der Waals surface area contributed by atoms with Crippen LogP contribution >= 0.6 is 0 Å². The fourth-order valence-electron chi connectivity index (χ4n) is 3.03. The van der Waals surface area contributed by atoms with Crippen LogP contribution in [0, 0.1) is 0 Å². The molecule has 1 saturated carbocycles. The minimum absolute atomic E-state index is 0.0355. The van der Waals surface area contributed by atoms with Crippen LogP contribution in [-0.2, 0) is 14.6 Å². The fraction of sp³-hybridized carbons (Fsp3) is 0.562. The van der Waals surface area contributed by atoms with Crippen molar-refractivity contribution in [3.05, 3.63) is 29.8 Å². The molecule has 126 valence electrons. The lowest BCUT2D eigenvalue weighted by atomic mass is 10.1. The molecule has 23 heavy (non-hydrogen) atoms. The first-order valence-corrected chi connectivity index (χ1v) is 9.66. The van der Waals surface area contributed by atoms with E-state index in [1.54, 1.807) is 7.11 Å². The minimum atomic E-state index is -2.90. The number of benzene rings is 1. The number of rotatable bonds is 5. The standard InChI is InChI=1S/C16H22N2O4S/c1-22-15-5-3-2-4-12(15)13-10-14(13)17-16(19)11-18-6-8-23(20,21)9-7-18/h2-5,13-14H,6-11H2,1H3,(H,17,19). The summed E-state index contributed by atoms with van der Waals surface area (Å²) in [5.41, 5.74) is 1.13. The van der Waals surface area contributed by atoms with E-state index in [0.29, 0.717) is 19.0 Å². The molecular weight excluding hydrogens is 316 g/mol. The molecule has 7 heteroatoms. The summed E-state index contributed by atoms with van der Waals surface area (Å²) in [6, 6.07) is 8.02. The Bertz CT molecular complexity index is 675. The molecule has 2 unspecified atom stereocenters. The van der Waals surface area contributed by atoms with Crippen molar-refractivity contribution in [1.82, 2.24) is 10.2 Å². The number of ether oxygens (including phenoxy) is 1. The molecule has 0 aromatic heterocycles. The molecule has 0 bridgehead atoms. The van der Waals surface area contributed by atoms with E-state index in [2.05, 4.69) is 5.32 Å². The first kappa shape index (κ1) is 16.3. The predicted molar refractivity (Wildman–Crippen MR) is 87.4 cm³/mol. The van der Waals surface area contributed by atoms with Gasteiger partial charge in [-0.25, -0.2) is 8.42 Å². The third kappa shape index (κ3) is 4.03. The molecule has 1 N–H and O–H groups in total. The molecule has 3 rings (SSSR count). The monoisotopic (exact) mass is 338 g/mol. The van der Waals surface area contributed by atoms with E-state index in [9.17, 15) is 13.2 Å². The maximum atomic E-state index is 12.1. The highest BCUT2D eigenvalue weighted by molar-refractivity contribution is 7.91. The molecule has 6 nitrogen and oxygen atoms in total. The van der Waals surface area contributed by atoms with Gasteiger partial charge in [0.25, 0.3) is 0 Å². The van der Waals surface area contributed by atoms with Crippen molar-refractivity contribution in [2.45, 2.75) is 18.4 Å². The van der Waals surface area contributed by atoms with Gasteiger partial charge in [-0.3, -0.25) is 9.69 Å². The van der Waals surface area contributed by atoms with Crippen molar-refractivity contribution in [2.24, 2.45) is 0 Å². The van der Waals surface area contributed by atoms with Crippen LogP contribution in [0.1, 0.15) is 17.9 Å². The first-order chi connectivity index (χ1) is 11.0. The zero-order valence-corrected chi connectivity index (χ0v) is 14.0. The van der Waals surface area contributed by atoms with Gasteiger partial charge in [0, 0.05) is 25.0 Å². The minimum Gasteiger partial charge on any atom is -0.496 e. The van der Waals surface area contributed by atoms with Crippen LogP contribution in [0.15, 0.2) is 24.3 Å². The molecule has 2 atom stereocenters. The Balaban J connectivity index is 1.49. The van der Waals surface area contributed by atoms with Crippen LogP contribution in [0.4, 0.5) is 0 Å². The molecular formula is C16H22N2O4S. The topological polar surface area (TPSA) is 75.7 Å². The summed E-state index contributed by atoms with van der Waals surface area (Å²) >= 11 is 0. The number of nitrogens with zero attached hydrogens (tertiary/aromatic N) is 1. The van der Waals surface area contributed by atoms with E-state index in [1.807, 2.05) is 29.2 Å². The Kier molecular flexibility index (Phi) is 4.59. The number of hydrogen-bond acceptors (Lipinski definition) is 5. The van der Waals surface area contributed by atoms with E-state index in [-0.39, 0.29) is 30.0 Å². The molecule has 1 aliphatic heterocycles. The Morgan fingerprint density at radius 3 is 2.70 bits per heavy atom. The lowest BCUT2D eigenvalue weighted by Crippen LogP contribution is -2.45. The molecule has 1 saturated heterocycles. The number of para-hydroxylation sites is 1. The van der Waals surface area contributed by atoms with Crippen LogP contribution in [0.2, 0.25) is 0 Å². The van der Waals surface area contributed by atoms with Gasteiger partial charge < -0.3 is 10.1 Å². The van der Waals surface area contributed by atoms with E-state index in [0.717, 1.165) is 17.7 Å². The number of carbonyl (C=O) groups is 1. The third-order valence-corrected chi connectivity index (χ3v) is 6.09. The van der Waals surface area contributed by atoms with E-state index >= 15 is 0 Å². The maximum absolute atomic E-state index is 12.1. The van der Waals surface area contributed by atoms with Crippen molar-refractivity contribution < 1.29 is 17.9 Å². The number of carbonyl (C=O) groups excluding carboxylic acids is 1. The van der Waals surface area contributed by atoms with Crippen LogP contribution < -0.4 is 10.1 Å². The summed E-state index contributed by atoms with van der Waals surface area (Å²) < 4.78 is 28.1. The highest BCUT2D eigenvalue weighted by atomic mass is 32.2. The van der Waals surface area contributed by atoms with E-state index in [4.69, 9.17) is 4.74 Å². The van der Waals surface area contributed by atoms with Crippen molar-refractivity contribution in [2.75, 3.05) is 38.2 Å². The number of sulfone groups is 1. The largest absolute Gasteiger partial charge is 0.496 e. The van der Waals surface area contributed by atoms with Crippen LogP contribution in [0.3, 0.4) is 0 Å². The van der Waals surface area contributed by atoms with Crippen molar-refractivity contribution in [3.8, 4) is 5.75 Å². The second-order valence-corrected chi connectivity index (χ2v) is 8.49. The molecule has 1 heterocycles. The van der Waals surface area contributed by atoms with Gasteiger partial charge in [0.2, 0.25) is 5.91 Å². The molecule has 1 aromatic rings. The normalized spacial score (nSPS) is 26.5. The third-order valence-electron chi connectivity index (χ3n) is 4.48. The highest BCUT2D eigenvalue weighted by Gasteiger charge is 2.41. The van der Waals surface area contributed by atoms with Crippen molar-refractivity contribution in [1.29, 1.82) is 0 Å². The second-order valence-electron chi connectivity index (χ2n) is 6.19. The molecule has 0 spiro atoms. The van der Waals surface area contributed by atoms with E-state index < -0.39 is 9.84 Å². The molecule has 2 fully saturated rings. The van der Waals surface area contributed by atoms with Gasteiger partial charge >= 0.3 is 0 Å². The smallest absolute Gasteiger partial charge is 0.234 e. The van der Waals surface area contributed by atoms with Crippen molar-refractivity contribution >= 4 is 15.7 Å². The average molecular weight is 338 g/mol. The van der Waals surface area contributed by atoms with Gasteiger partial charge in [-0.2, -0.15) is 0 Å².